The van der Waals surface area contributed by atoms with Crippen LogP contribution in [0.25, 0.3) is 10.9 Å². The fourth-order valence-electron chi connectivity index (χ4n) is 2.92. The summed E-state index contributed by atoms with van der Waals surface area (Å²) in [6.45, 7) is 10.4. The monoisotopic (exact) mass is 348 g/mol. The van der Waals surface area contributed by atoms with Crippen LogP contribution < -0.4 is 4.90 Å². The number of benzene rings is 1. The van der Waals surface area contributed by atoms with Crippen molar-refractivity contribution in [3.05, 3.63) is 27.5 Å². The van der Waals surface area contributed by atoms with Gasteiger partial charge >= 0.3 is 0 Å². The van der Waals surface area contributed by atoms with Crippen LogP contribution in [0.4, 0.5) is 5.82 Å². The molecule has 21 heavy (non-hydrogen) atoms. The normalized spacial score (nSPS) is 16.7. The molecule has 1 aliphatic heterocycles. The van der Waals surface area contributed by atoms with Crippen LogP contribution in [0.3, 0.4) is 0 Å². The van der Waals surface area contributed by atoms with Gasteiger partial charge in [0, 0.05) is 36.0 Å². The van der Waals surface area contributed by atoms with Crippen LogP contribution in [0.1, 0.15) is 17.0 Å². The van der Waals surface area contributed by atoms with E-state index in [2.05, 4.69) is 57.7 Å². The van der Waals surface area contributed by atoms with Crippen LogP contribution in [0.5, 0.6) is 0 Å². The molecular weight excluding hydrogens is 328 g/mol. The van der Waals surface area contributed by atoms with Crippen LogP contribution in [0, 0.1) is 20.8 Å². The number of likely N-dealkylation sites (N-methyl/N-ethyl adjacent to an activating group) is 1. The zero-order valence-electron chi connectivity index (χ0n) is 13.1. The zero-order chi connectivity index (χ0) is 15.1. The Labute approximate surface area is 134 Å². The van der Waals surface area contributed by atoms with E-state index in [9.17, 15) is 0 Å². The lowest BCUT2D eigenvalue weighted by atomic mass is 10.1. The van der Waals surface area contributed by atoms with E-state index in [4.69, 9.17) is 4.98 Å². The lowest BCUT2D eigenvalue weighted by Crippen LogP contribution is -2.45. The number of aryl methyl sites for hydroxylation is 3. The summed E-state index contributed by atoms with van der Waals surface area (Å²) >= 11 is 3.67. The van der Waals surface area contributed by atoms with Crippen LogP contribution in [0.15, 0.2) is 10.5 Å². The number of anilines is 1. The molecule has 5 heteroatoms. The van der Waals surface area contributed by atoms with Crippen molar-refractivity contribution in [2.45, 2.75) is 20.8 Å². The van der Waals surface area contributed by atoms with Gasteiger partial charge in [0.2, 0.25) is 0 Å². The van der Waals surface area contributed by atoms with Gasteiger partial charge < -0.3 is 9.80 Å². The Morgan fingerprint density at radius 2 is 1.71 bits per heavy atom. The Bertz CT molecular complexity index is 690. The summed E-state index contributed by atoms with van der Waals surface area (Å²) in [6, 6.07) is 2.21. The highest BCUT2D eigenvalue weighted by atomic mass is 79.9. The van der Waals surface area contributed by atoms with E-state index >= 15 is 0 Å². The number of halogens is 1. The van der Waals surface area contributed by atoms with Gasteiger partial charge in [-0.25, -0.2) is 9.97 Å². The summed E-state index contributed by atoms with van der Waals surface area (Å²) in [4.78, 5) is 14.2. The number of nitrogens with zero attached hydrogens (tertiary/aromatic N) is 4. The zero-order valence-corrected chi connectivity index (χ0v) is 14.7. The molecule has 0 N–H and O–H groups in total. The summed E-state index contributed by atoms with van der Waals surface area (Å²) in [7, 11) is 2.17. The SMILES string of the molecule is Cc1nc(N2CCN(C)CC2)c2cc(C)c(Br)c(C)c2n1. The molecule has 1 aromatic carbocycles. The highest BCUT2D eigenvalue weighted by Gasteiger charge is 2.20. The van der Waals surface area contributed by atoms with Crippen molar-refractivity contribution in [2.75, 3.05) is 38.1 Å². The van der Waals surface area contributed by atoms with E-state index in [0.717, 1.165) is 47.8 Å². The van der Waals surface area contributed by atoms with Gasteiger partial charge in [0.25, 0.3) is 0 Å². The third kappa shape index (κ3) is 2.64. The van der Waals surface area contributed by atoms with Crippen molar-refractivity contribution < 1.29 is 0 Å². The lowest BCUT2D eigenvalue weighted by Gasteiger charge is -2.34. The maximum absolute atomic E-state index is 4.74. The van der Waals surface area contributed by atoms with Gasteiger partial charge in [-0.1, -0.05) is 15.9 Å². The molecule has 112 valence electrons. The van der Waals surface area contributed by atoms with Crippen LogP contribution in [0.2, 0.25) is 0 Å². The molecule has 0 unspecified atom stereocenters. The second-order valence-electron chi connectivity index (χ2n) is 5.91. The van der Waals surface area contributed by atoms with E-state index < -0.39 is 0 Å². The maximum atomic E-state index is 4.74. The van der Waals surface area contributed by atoms with E-state index in [-0.39, 0.29) is 0 Å². The summed E-state index contributed by atoms with van der Waals surface area (Å²) in [5, 5.41) is 1.17. The average molecular weight is 349 g/mol. The topological polar surface area (TPSA) is 32.3 Å². The molecule has 0 atom stereocenters. The smallest absolute Gasteiger partial charge is 0.140 e. The number of rotatable bonds is 1. The predicted molar refractivity (Wildman–Crippen MR) is 91.2 cm³/mol. The maximum Gasteiger partial charge on any atom is 0.140 e. The number of hydrogen-bond acceptors (Lipinski definition) is 4. The quantitative estimate of drug-likeness (QED) is 0.792. The molecule has 1 aliphatic rings. The molecule has 0 radical (unpaired) electrons. The highest BCUT2D eigenvalue weighted by molar-refractivity contribution is 9.10. The summed E-state index contributed by atoms with van der Waals surface area (Å²) < 4.78 is 1.15. The Morgan fingerprint density at radius 3 is 2.38 bits per heavy atom. The number of aromatic nitrogens is 2. The van der Waals surface area contributed by atoms with E-state index in [1.165, 1.54) is 16.5 Å². The number of hydrogen-bond donors (Lipinski definition) is 0. The predicted octanol–water partition coefficient (Wildman–Crippen LogP) is 3.07. The first-order valence-electron chi connectivity index (χ1n) is 7.35. The molecule has 1 saturated heterocycles. The standard InChI is InChI=1S/C16H21BrN4/c1-10-9-13-15(11(2)14(10)17)18-12(3)19-16(13)21-7-5-20(4)6-8-21/h9H,5-8H2,1-4H3. The summed E-state index contributed by atoms with van der Waals surface area (Å²) in [5.74, 6) is 1.93. The molecule has 0 saturated carbocycles. The number of fused-ring (bicyclic) bond motifs is 1. The first-order chi connectivity index (χ1) is 9.97. The van der Waals surface area contributed by atoms with E-state index in [1.54, 1.807) is 0 Å². The Kier molecular flexibility index (Phi) is 3.88. The lowest BCUT2D eigenvalue weighted by molar-refractivity contribution is 0.312. The van der Waals surface area contributed by atoms with Gasteiger partial charge in [-0.2, -0.15) is 0 Å². The molecule has 0 amide bonds. The second kappa shape index (κ2) is 5.54. The molecule has 1 aromatic heterocycles. The van der Waals surface area contributed by atoms with Crippen molar-refractivity contribution in [2.24, 2.45) is 0 Å². The van der Waals surface area contributed by atoms with Crippen LogP contribution in [-0.2, 0) is 0 Å². The van der Waals surface area contributed by atoms with Crippen LogP contribution >= 0.6 is 15.9 Å². The van der Waals surface area contributed by atoms with E-state index in [1.807, 2.05) is 6.92 Å². The molecule has 0 aliphatic carbocycles. The van der Waals surface area contributed by atoms with E-state index in [0.29, 0.717) is 0 Å². The van der Waals surface area contributed by atoms with Gasteiger partial charge in [0.1, 0.15) is 11.6 Å². The number of piperazine rings is 1. The third-order valence-corrected chi connectivity index (χ3v) is 5.45. The van der Waals surface area contributed by atoms with Crippen molar-refractivity contribution in [1.29, 1.82) is 0 Å². The fourth-order valence-corrected chi connectivity index (χ4v) is 3.23. The minimum absolute atomic E-state index is 0.843. The molecule has 2 heterocycles. The van der Waals surface area contributed by atoms with Gasteiger partial charge in [-0.05, 0) is 45.0 Å². The minimum atomic E-state index is 0.843. The fraction of sp³-hybridized carbons (Fsp3) is 0.500. The van der Waals surface area contributed by atoms with Gasteiger partial charge in [-0.15, -0.1) is 0 Å². The van der Waals surface area contributed by atoms with Gasteiger partial charge in [-0.3, -0.25) is 0 Å². The highest BCUT2D eigenvalue weighted by Crippen LogP contribution is 2.33. The Morgan fingerprint density at radius 1 is 1.05 bits per heavy atom. The largest absolute Gasteiger partial charge is 0.353 e. The Balaban J connectivity index is 2.18. The minimum Gasteiger partial charge on any atom is -0.353 e. The molecule has 1 fully saturated rings. The summed E-state index contributed by atoms with van der Waals surface area (Å²) in [6.07, 6.45) is 0. The molecule has 0 spiro atoms. The molecule has 4 nitrogen and oxygen atoms in total. The molecule has 3 rings (SSSR count). The summed E-state index contributed by atoms with van der Waals surface area (Å²) in [5.41, 5.74) is 3.50. The van der Waals surface area contributed by atoms with Gasteiger partial charge in [0.05, 0.1) is 5.52 Å². The third-order valence-electron chi connectivity index (χ3n) is 4.23. The van der Waals surface area contributed by atoms with Crippen molar-refractivity contribution in [3.8, 4) is 0 Å². The van der Waals surface area contributed by atoms with Crippen molar-refractivity contribution in [3.63, 3.8) is 0 Å². The molecular formula is C16H21BrN4. The average Bonchev–Trinajstić information content (AvgIpc) is 2.46. The molecule has 2 aromatic rings. The van der Waals surface area contributed by atoms with Gasteiger partial charge in [0.15, 0.2) is 0 Å². The Hall–Kier alpha value is -1.20. The van der Waals surface area contributed by atoms with Crippen LogP contribution in [-0.4, -0.2) is 48.1 Å². The van der Waals surface area contributed by atoms with Crippen molar-refractivity contribution in [1.82, 2.24) is 14.9 Å². The first-order valence-corrected chi connectivity index (χ1v) is 8.14. The first kappa shape index (κ1) is 14.7. The molecule has 0 bridgehead atoms. The van der Waals surface area contributed by atoms with Crippen molar-refractivity contribution >= 4 is 32.7 Å². The second-order valence-corrected chi connectivity index (χ2v) is 6.71.